The fraction of sp³-hybridized carbons (Fsp3) is 0.333. The lowest BCUT2D eigenvalue weighted by Gasteiger charge is -2.17. The Morgan fingerprint density at radius 2 is 1.91 bits per heavy atom. The smallest absolute Gasteiger partial charge is 0.263 e. The van der Waals surface area contributed by atoms with E-state index in [-0.39, 0.29) is 5.56 Å². The molecule has 3 heterocycles. The Hall–Kier alpha value is -2.36. The zero-order valence-corrected chi connectivity index (χ0v) is 13.0. The van der Waals surface area contributed by atoms with Gasteiger partial charge in [0, 0.05) is 20.0 Å². The molecule has 0 N–H and O–H groups in total. The number of aryl methyl sites for hydroxylation is 3. The molecule has 0 atom stereocenters. The molecule has 4 rings (SSSR count). The van der Waals surface area contributed by atoms with Gasteiger partial charge >= 0.3 is 0 Å². The normalized spacial score (nSPS) is 14.3. The van der Waals surface area contributed by atoms with Crippen molar-refractivity contribution in [2.75, 3.05) is 0 Å². The van der Waals surface area contributed by atoms with Crippen molar-refractivity contribution in [3.63, 3.8) is 0 Å². The molecule has 0 spiro atoms. The average Bonchev–Trinajstić information content (AvgIpc) is 2.86. The molecule has 4 heteroatoms. The van der Waals surface area contributed by atoms with Gasteiger partial charge in [0.25, 0.3) is 5.56 Å². The third kappa shape index (κ3) is 1.90. The standard InChI is InChI=1S/C18H19N3O/c1-12-6-8-13(9-7-12)15-11-14-17(20(15)2)19-16-5-3-4-10-21(16)18(14)22/h6-9,11H,3-5,10H2,1-2H3. The van der Waals surface area contributed by atoms with Crippen LogP contribution in [0.15, 0.2) is 35.1 Å². The van der Waals surface area contributed by atoms with E-state index in [1.165, 1.54) is 5.56 Å². The van der Waals surface area contributed by atoms with Gasteiger partial charge in [-0.1, -0.05) is 29.8 Å². The lowest BCUT2D eigenvalue weighted by Crippen LogP contribution is -2.28. The van der Waals surface area contributed by atoms with Gasteiger partial charge in [0.1, 0.15) is 11.5 Å². The van der Waals surface area contributed by atoms with Gasteiger partial charge in [0.15, 0.2) is 0 Å². The number of benzene rings is 1. The summed E-state index contributed by atoms with van der Waals surface area (Å²) in [7, 11) is 1.99. The molecular weight excluding hydrogens is 274 g/mol. The van der Waals surface area contributed by atoms with Gasteiger partial charge in [0.05, 0.1) is 11.1 Å². The molecule has 2 aromatic heterocycles. The molecule has 0 unspecified atom stereocenters. The zero-order chi connectivity index (χ0) is 15.3. The van der Waals surface area contributed by atoms with Crippen molar-refractivity contribution in [2.24, 2.45) is 7.05 Å². The van der Waals surface area contributed by atoms with Crippen LogP contribution in [0.25, 0.3) is 22.3 Å². The highest BCUT2D eigenvalue weighted by atomic mass is 16.1. The molecular formula is C18H19N3O. The third-order valence-corrected chi connectivity index (χ3v) is 4.60. The van der Waals surface area contributed by atoms with Gasteiger partial charge in [-0.2, -0.15) is 0 Å². The molecule has 3 aromatic rings. The Morgan fingerprint density at radius 3 is 2.68 bits per heavy atom. The third-order valence-electron chi connectivity index (χ3n) is 4.60. The first-order valence-electron chi connectivity index (χ1n) is 7.81. The maximum Gasteiger partial charge on any atom is 0.263 e. The lowest BCUT2D eigenvalue weighted by molar-refractivity contribution is 0.500. The van der Waals surface area contributed by atoms with E-state index in [4.69, 9.17) is 4.98 Å². The lowest BCUT2D eigenvalue weighted by atomic mass is 10.1. The van der Waals surface area contributed by atoms with E-state index in [9.17, 15) is 4.79 Å². The summed E-state index contributed by atoms with van der Waals surface area (Å²) in [6, 6.07) is 10.4. The number of rotatable bonds is 1. The second-order valence-corrected chi connectivity index (χ2v) is 6.13. The van der Waals surface area contributed by atoms with E-state index in [2.05, 4.69) is 31.2 Å². The molecule has 0 aliphatic carbocycles. The first-order valence-corrected chi connectivity index (χ1v) is 7.81. The van der Waals surface area contributed by atoms with Crippen LogP contribution in [0.5, 0.6) is 0 Å². The number of aromatic nitrogens is 3. The molecule has 0 saturated carbocycles. The van der Waals surface area contributed by atoms with Crippen LogP contribution in [0.4, 0.5) is 0 Å². The fourth-order valence-corrected chi connectivity index (χ4v) is 3.31. The molecule has 0 saturated heterocycles. The summed E-state index contributed by atoms with van der Waals surface area (Å²) in [5.41, 5.74) is 4.30. The van der Waals surface area contributed by atoms with Crippen molar-refractivity contribution in [1.82, 2.24) is 14.1 Å². The maximum atomic E-state index is 12.7. The predicted octanol–water partition coefficient (Wildman–Crippen LogP) is 3.05. The van der Waals surface area contributed by atoms with E-state index in [0.29, 0.717) is 0 Å². The molecule has 0 radical (unpaired) electrons. The maximum absolute atomic E-state index is 12.7. The molecule has 0 bridgehead atoms. The summed E-state index contributed by atoms with van der Waals surface area (Å²) in [5, 5.41) is 0.726. The summed E-state index contributed by atoms with van der Waals surface area (Å²) in [4.78, 5) is 17.5. The Labute approximate surface area is 129 Å². The van der Waals surface area contributed by atoms with Gasteiger partial charge in [-0.15, -0.1) is 0 Å². The second-order valence-electron chi connectivity index (χ2n) is 6.13. The van der Waals surface area contributed by atoms with Crippen LogP contribution in [-0.4, -0.2) is 14.1 Å². The Bertz CT molecular complexity index is 916. The molecule has 1 aliphatic heterocycles. The van der Waals surface area contributed by atoms with Crippen LogP contribution in [-0.2, 0) is 20.0 Å². The number of nitrogens with zero attached hydrogens (tertiary/aromatic N) is 3. The van der Waals surface area contributed by atoms with Crippen LogP contribution in [0, 0.1) is 6.92 Å². The van der Waals surface area contributed by atoms with Gasteiger partial charge in [-0.05, 0) is 31.4 Å². The summed E-state index contributed by atoms with van der Waals surface area (Å²) in [6.45, 7) is 2.87. The minimum Gasteiger partial charge on any atom is -0.328 e. The van der Waals surface area contributed by atoms with Crippen molar-refractivity contribution in [1.29, 1.82) is 0 Å². The van der Waals surface area contributed by atoms with E-state index in [1.807, 2.05) is 22.2 Å². The van der Waals surface area contributed by atoms with Crippen molar-refractivity contribution in [3.8, 4) is 11.3 Å². The minimum absolute atomic E-state index is 0.105. The van der Waals surface area contributed by atoms with E-state index in [0.717, 1.165) is 53.9 Å². The van der Waals surface area contributed by atoms with Crippen molar-refractivity contribution >= 4 is 11.0 Å². The topological polar surface area (TPSA) is 39.8 Å². The Balaban J connectivity index is 1.99. The van der Waals surface area contributed by atoms with Crippen LogP contribution < -0.4 is 5.56 Å². The van der Waals surface area contributed by atoms with Crippen molar-refractivity contribution in [2.45, 2.75) is 32.7 Å². The number of hydrogen-bond acceptors (Lipinski definition) is 2. The minimum atomic E-state index is 0.105. The summed E-state index contributed by atoms with van der Waals surface area (Å²) < 4.78 is 3.89. The van der Waals surface area contributed by atoms with Crippen LogP contribution in [0.3, 0.4) is 0 Å². The molecule has 1 aliphatic rings. The van der Waals surface area contributed by atoms with Crippen molar-refractivity contribution < 1.29 is 0 Å². The highest BCUT2D eigenvalue weighted by Crippen LogP contribution is 2.26. The quantitative estimate of drug-likeness (QED) is 0.692. The Morgan fingerprint density at radius 1 is 1.14 bits per heavy atom. The fourth-order valence-electron chi connectivity index (χ4n) is 3.31. The van der Waals surface area contributed by atoms with E-state index < -0.39 is 0 Å². The average molecular weight is 293 g/mol. The monoisotopic (exact) mass is 293 g/mol. The highest BCUT2D eigenvalue weighted by molar-refractivity contribution is 5.83. The van der Waals surface area contributed by atoms with Crippen LogP contribution in [0.1, 0.15) is 24.2 Å². The van der Waals surface area contributed by atoms with Gasteiger partial charge in [0.2, 0.25) is 0 Å². The van der Waals surface area contributed by atoms with Gasteiger partial charge in [-0.3, -0.25) is 9.36 Å². The summed E-state index contributed by atoms with van der Waals surface area (Å²) in [6.07, 6.45) is 3.08. The van der Waals surface area contributed by atoms with Gasteiger partial charge in [-0.25, -0.2) is 4.98 Å². The summed E-state index contributed by atoms with van der Waals surface area (Å²) in [5.74, 6) is 0.931. The number of fused-ring (bicyclic) bond motifs is 2. The highest BCUT2D eigenvalue weighted by Gasteiger charge is 2.18. The van der Waals surface area contributed by atoms with E-state index in [1.54, 1.807) is 0 Å². The SMILES string of the molecule is Cc1ccc(-c2cc3c(=O)n4c(nc3n2C)CCCC4)cc1. The molecule has 22 heavy (non-hydrogen) atoms. The molecule has 4 nitrogen and oxygen atoms in total. The zero-order valence-electron chi connectivity index (χ0n) is 13.0. The van der Waals surface area contributed by atoms with Crippen molar-refractivity contribution in [3.05, 3.63) is 52.1 Å². The molecule has 1 aromatic carbocycles. The van der Waals surface area contributed by atoms with Crippen LogP contribution >= 0.6 is 0 Å². The molecule has 0 amide bonds. The van der Waals surface area contributed by atoms with E-state index >= 15 is 0 Å². The van der Waals surface area contributed by atoms with Gasteiger partial charge < -0.3 is 4.57 Å². The second kappa shape index (κ2) is 4.83. The summed E-state index contributed by atoms with van der Waals surface area (Å²) >= 11 is 0. The molecule has 0 fully saturated rings. The molecule has 112 valence electrons. The Kier molecular flexibility index (Phi) is 2.93. The first-order chi connectivity index (χ1) is 10.6. The first kappa shape index (κ1) is 13.3. The number of hydrogen-bond donors (Lipinski definition) is 0. The van der Waals surface area contributed by atoms with Crippen LogP contribution in [0.2, 0.25) is 0 Å². The predicted molar refractivity (Wildman–Crippen MR) is 88.1 cm³/mol. The largest absolute Gasteiger partial charge is 0.328 e.